The molecule has 5 nitrogen and oxygen atoms in total. The van der Waals surface area contributed by atoms with Crippen LogP contribution in [0.3, 0.4) is 0 Å². The zero-order valence-electron chi connectivity index (χ0n) is 10.2. The van der Waals surface area contributed by atoms with Crippen molar-refractivity contribution in [3.8, 4) is 0 Å². The molecule has 17 heavy (non-hydrogen) atoms. The Labute approximate surface area is 102 Å². The summed E-state index contributed by atoms with van der Waals surface area (Å²) in [7, 11) is 0. The molecule has 2 rings (SSSR count). The minimum atomic E-state index is -0.226. The van der Waals surface area contributed by atoms with Gasteiger partial charge in [-0.2, -0.15) is 0 Å². The molecule has 2 saturated heterocycles. The molecule has 2 heterocycles. The summed E-state index contributed by atoms with van der Waals surface area (Å²) < 4.78 is 0. The number of nitrogens with one attached hydrogen (secondary N) is 1. The summed E-state index contributed by atoms with van der Waals surface area (Å²) >= 11 is 0. The van der Waals surface area contributed by atoms with Gasteiger partial charge in [-0.05, 0) is 32.2 Å². The van der Waals surface area contributed by atoms with Crippen molar-refractivity contribution in [1.29, 1.82) is 0 Å². The standard InChI is InChI=1S/C12H21N3O2/c13-11(16)9-3-6-15(7-4-9)12(17)10-2-1-5-14-8-10/h9-10,14H,1-8H2,(H2,13,16)/t10-/m0/s1. The summed E-state index contributed by atoms with van der Waals surface area (Å²) in [5.41, 5.74) is 5.28. The first-order chi connectivity index (χ1) is 8.18. The van der Waals surface area contributed by atoms with Crippen LogP contribution in [0.15, 0.2) is 0 Å². The maximum Gasteiger partial charge on any atom is 0.226 e. The van der Waals surface area contributed by atoms with Gasteiger partial charge in [0.2, 0.25) is 11.8 Å². The smallest absolute Gasteiger partial charge is 0.226 e. The molecule has 0 aromatic heterocycles. The molecule has 0 unspecified atom stereocenters. The van der Waals surface area contributed by atoms with Crippen molar-refractivity contribution in [1.82, 2.24) is 10.2 Å². The van der Waals surface area contributed by atoms with E-state index < -0.39 is 0 Å². The van der Waals surface area contributed by atoms with Gasteiger partial charge < -0.3 is 16.0 Å². The molecule has 0 aromatic carbocycles. The number of carbonyl (C=O) groups excluding carboxylic acids is 2. The Morgan fingerprint density at radius 3 is 2.35 bits per heavy atom. The van der Waals surface area contributed by atoms with E-state index in [-0.39, 0.29) is 23.7 Å². The number of piperidine rings is 2. The fourth-order valence-electron chi connectivity index (χ4n) is 2.71. The molecule has 0 spiro atoms. The number of nitrogens with zero attached hydrogens (tertiary/aromatic N) is 1. The van der Waals surface area contributed by atoms with Gasteiger partial charge in [0.15, 0.2) is 0 Å². The molecule has 0 saturated carbocycles. The zero-order valence-corrected chi connectivity index (χ0v) is 10.2. The number of amides is 2. The molecular formula is C12H21N3O2. The Morgan fingerprint density at radius 1 is 1.12 bits per heavy atom. The van der Waals surface area contributed by atoms with Crippen molar-refractivity contribution in [2.24, 2.45) is 17.6 Å². The minimum Gasteiger partial charge on any atom is -0.369 e. The minimum absolute atomic E-state index is 0.0384. The van der Waals surface area contributed by atoms with E-state index in [0.717, 1.165) is 38.8 Å². The van der Waals surface area contributed by atoms with Crippen molar-refractivity contribution < 1.29 is 9.59 Å². The lowest BCUT2D eigenvalue weighted by Crippen LogP contribution is -2.47. The van der Waals surface area contributed by atoms with Crippen molar-refractivity contribution in [3.05, 3.63) is 0 Å². The van der Waals surface area contributed by atoms with E-state index in [1.165, 1.54) is 0 Å². The van der Waals surface area contributed by atoms with Crippen molar-refractivity contribution in [2.75, 3.05) is 26.2 Å². The zero-order chi connectivity index (χ0) is 12.3. The fraction of sp³-hybridized carbons (Fsp3) is 0.833. The highest BCUT2D eigenvalue weighted by atomic mass is 16.2. The Balaban J connectivity index is 1.83. The van der Waals surface area contributed by atoms with E-state index in [9.17, 15) is 9.59 Å². The molecule has 1 atom stereocenters. The summed E-state index contributed by atoms with van der Waals surface area (Å²) in [4.78, 5) is 25.1. The van der Waals surface area contributed by atoms with Crippen LogP contribution in [0.4, 0.5) is 0 Å². The summed E-state index contributed by atoms with van der Waals surface area (Å²) in [6.45, 7) is 3.19. The third kappa shape index (κ3) is 2.97. The summed E-state index contributed by atoms with van der Waals surface area (Å²) in [5.74, 6) is 0.119. The molecular weight excluding hydrogens is 218 g/mol. The molecule has 3 N–H and O–H groups in total. The van der Waals surface area contributed by atoms with Gasteiger partial charge in [-0.25, -0.2) is 0 Å². The summed E-state index contributed by atoms with van der Waals surface area (Å²) in [6, 6.07) is 0. The van der Waals surface area contributed by atoms with Crippen LogP contribution in [0.25, 0.3) is 0 Å². The average molecular weight is 239 g/mol. The molecule has 2 fully saturated rings. The van der Waals surface area contributed by atoms with Crippen LogP contribution in [-0.2, 0) is 9.59 Å². The quantitative estimate of drug-likeness (QED) is 0.695. The van der Waals surface area contributed by atoms with Crippen LogP contribution < -0.4 is 11.1 Å². The van der Waals surface area contributed by atoms with Gasteiger partial charge in [-0.15, -0.1) is 0 Å². The molecule has 0 bridgehead atoms. The Kier molecular flexibility index (Phi) is 3.99. The van der Waals surface area contributed by atoms with Gasteiger partial charge in [0.05, 0.1) is 5.92 Å². The lowest BCUT2D eigenvalue weighted by atomic mass is 9.93. The second kappa shape index (κ2) is 5.49. The van der Waals surface area contributed by atoms with Gasteiger partial charge in [0.25, 0.3) is 0 Å². The van der Waals surface area contributed by atoms with Gasteiger partial charge in [0, 0.05) is 25.6 Å². The fourth-order valence-corrected chi connectivity index (χ4v) is 2.71. The molecule has 2 aliphatic rings. The highest BCUT2D eigenvalue weighted by Crippen LogP contribution is 2.20. The Morgan fingerprint density at radius 2 is 1.82 bits per heavy atom. The monoisotopic (exact) mass is 239 g/mol. The summed E-state index contributed by atoms with van der Waals surface area (Å²) in [6.07, 6.45) is 3.51. The van der Waals surface area contributed by atoms with Gasteiger partial charge >= 0.3 is 0 Å². The number of rotatable bonds is 2. The number of hydrogen-bond acceptors (Lipinski definition) is 3. The van der Waals surface area contributed by atoms with E-state index >= 15 is 0 Å². The number of likely N-dealkylation sites (tertiary alicyclic amines) is 1. The molecule has 0 aromatic rings. The second-order valence-electron chi connectivity index (χ2n) is 5.05. The molecule has 2 aliphatic heterocycles. The molecule has 2 amide bonds. The number of nitrogens with two attached hydrogens (primary N) is 1. The van der Waals surface area contributed by atoms with E-state index in [1.807, 2.05) is 4.90 Å². The van der Waals surface area contributed by atoms with E-state index in [2.05, 4.69) is 5.32 Å². The molecule has 5 heteroatoms. The second-order valence-corrected chi connectivity index (χ2v) is 5.05. The predicted molar refractivity (Wildman–Crippen MR) is 64.1 cm³/mol. The average Bonchev–Trinajstić information content (AvgIpc) is 2.39. The Hall–Kier alpha value is -1.10. The third-order valence-corrected chi connectivity index (χ3v) is 3.86. The van der Waals surface area contributed by atoms with Crippen LogP contribution >= 0.6 is 0 Å². The number of primary amides is 1. The third-order valence-electron chi connectivity index (χ3n) is 3.86. The first-order valence-corrected chi connectivity index (χ1v) is 6.47. The predicted octanol–water partition coefficient (Wildman–Crippen LogP) is -0.290. The highest BCUT2D eigenvalue weighted by Gasteiger charge is 2.30. The van der Waals surface area contributed by atoms with E-state index in [4.69, 9.17) is 5.73 Å². The van der Waals surface area contributed by atoms with Crippen molar-refractivity contribution in [2.45, 2.75) is 25.7 Å². The molecule has 0 radical (unpaired) electrons. The molecule has 96 valence electrons. The number of hydrogen-bond donors (Lipinski definition) is 2. The van der Waals surface area contributed by atoms with Crippen LogP contribution in [0.2, 0.25) is 0 Å². The first-order valence-electron chi connectivity index (χ1n) is 6.47. The number of carbonyl (C=O) groups is 2. The first kappa shape index (κ1) is 12.4. The van der Waals surface area contributed by atoms with Crippen molar-refractivity contribution in [3.63, 3.8) is 0 Å². The lowest BCUT2D eigenvalue weighted by Gasteiger charge is -2.34. The topological polar surface area (TPSA) is 75.4 Å². The maximum atomic E-state index is 12.2. The van der Waals surface area contributed by atoms with Crippen LogP contribution in [-0.4, -0.2) is 42.9 Å². The maximum absolute atomic E-state index is 12.2. The van der Waals surface area contributed by atoms with Crippen molar-refractivity contribution >= 4 is 11.8 Å². The highest BCUT2D eigenvalue weighted by molar-refractivity contribution is 5.80. The van der Waals surface area contributed by atoms with Gasteiger partial charge in [0.1, 0.15) is 0 Å². The van der Waals surface area contributed by atoms with E-state index in [0.29, 0.717) is 13.1 Å². The van der Waals surface area contributed by atoms with Crippen LogP contribution in [0.5, 0.6) is 0 Å². The Bertz CT molecular complexity index is 292. The van der Waals surface area contributed by atoms with Gasteiger partial charge in [-0.3, -0.25) is 9.59 Å². The SMILES string of the molecule is NC(=O)C1CCN(C(=O)[C@H]2CCCNC2)CC1. The van der Waals surface area contributed by atoms with Crippen LogP contribution in [0.1, 0.15) is 25.7 Å². The van der Waals surface area contributed by atoms with Crippen LogP contribution in [0, 0.1) is 11.8 Å². The lowest BCUT2D eigenvalue weighted by molar-refractivity contribution is -0.139. The normalized spacial score (nSPS) is 26.8. The summed E-state index contributed by atoms with van der Waals surface area (Å²) in [5, 5.41) is 3.26. The largest absolute Gasteiger partial charge is 0.369 e. The van der Waals surface area contributed by atoms with Gasteiger partial charge in [-0.1, -0.05) is 0 Å². The molecule has 0 aliphatic carbocycles. The van der Waals surface area contributed by atoms with E-state index in [1.54, 1.807) is 0 Å².